The number of carbonyl (C=O) groups excluding carboxylic acids is 2. The molecular formula is C32H43Cl2N3O2. The van der Waals surface area contributed by atoms with Crippen molar-refractivity contribution in [3.05, 3.63) is 69.7 Å². The lowest BCUT2D eigenvalue weighted by atomic mass is 9.63. The van der Waals surface area contributed by atoms with Crippen molar-refractivity contribution >= 4 is 35.0 Å². The predicted octanol–water partition coefficient (Wildman–Crippen LogP) is 6.99. The Kier molecular flexibility index (Phi) is 10.4. The molecule has 0 unspecified atom stereocenters. The molecule has 1 aliphatic heterocycles. The number of halogens is 2. The quantitative estimate of drug-likeness (QED) is 0.325. The lowest BCUT2D eigenvalue weighted by molar-refractivity contribution is -0.148. The molecule has 0 N–H and O–H groups in total. The minimum absolute atomic E-state index is 0.0121. The standard InChI is InChI=1S/C32H43Cl2N3O2/c1-35(2)31(39)32(27-12-8-5-9-13-27)17-20-37(21-18-32)19-16-26(25-14-15-28(33)29(34)22-25)23-36(3)30(38)24-10-6-4-7-11-24/h4,6-7,10-11,14-15,22,26-27H,5,8-9,12-13,16-21,23H2,1-3H3/t26-/m1/s1. The summed E-state index contributed by atoms with van der Waals surface area (Å²) in [7, 11) is 5.69. The lowest BCUT2D eigenvalue weighted by Gasteiger charge is -2.48. The number of likely N-dealkylation sites (tertiary alicyclic amines) is 1. The van der Waals surface area contributed by atoms with Crippen LogP contribution in [0.15, 0.2) is 48.5 Å². The molecule has 1 saturated carbocycles. The van der Waals surface area contributed by atoms with Crippen molar-refractivity contribution in [3.63, 3.8) is 0 Å². The van der Waals surface area contributed by atoms with E-state index < -0.39 is 0 Å². The number of amides is 2. The van der Waals surface area contributed by atoms with Gasteiger partial charge in [0.1, 0.15) is 0 Å². The average molecular weight is 573 g/mol. The Bertz CT molecular complexity index is 1110. The zero-order valence-electron chi connectivity index (χ0n) is 23.7. The highest BCUT2D eigenvalue weighted by molar-refractivity contribution is 6.42. The summed E-state index contributed by atoms with van der Waals surface area (Å²) in [5.74, 6) is 0.956. The Balaban J connectivity index is 1.44. The molecule has 1 atom stereocenters. The van der Waals surface area contributed by atoms with Crippen LogP contribution in [0.3, 0.4) is 0 Å². The molecule has 2 amide bonds. The van der Waals surface area contributed by atoms with Gasteiger partial charge in [-0.1, -0.05) is 66.7 Å². The fraction of sp³-hybridized carbons (Fsp3) is 0.562. The second-order valence-electron chi connectivity index (χ2n) is 11.7. The average Bonchev–Trinajstić information content (AvgIpc) is 2.97. The third-order valence-electron chi connectivity index (χ3n) is 9.04. The van der Waals surface area contributed by atoms with Gasteiger partial charge in [0.05, 0.1) is 15.5 Å². The number of piperidine rings is 1. The van der Waals surface area contributed by atoms with E-state index in [0.717, 1.165) is 44.5 Å². The van der Waals surface area contributed by atoms with E-state index in [-0.39, 0.29) is 17.2 Å². The first kappa shape index (κ1) is 29.9. The van der Waals surface area contributed by atoms with Crippen LogP contribution >= 0.6 is 23.2 Å². The Morgan fingerprint density at radius 2 is 1.62 bits per heavy atom. The maximum atomic E-state index is 13.5. The van der Waals surface area contributed by atoms with E-state index in [2.05, 4.69) is 4.90 Å². The second-order valence-corrected chi connectivity index (χ2v) is 12.6. The van der Waals surface area contributed by atoms with Crippen LogP contribution in [0.5, 0.6) is 0 Å². The summed E-state index contributed by atoms with van der Waals surface area (Å²) in [6.45, 7) is 3.37. The minimum atomic E-state index is -0.216. The number of carbonyl (C=O) groups is 2. The SMILES string of the molecule is CN(C)C(=O)C1(C2CCCCC2)CCN(CC[C@H](CN(C)C(=O)c2ccccc2)c2ccc(Cl)c(Cl)c2)CC1. The smallest absolute Gasteiger partial charge is 0.253 e. The fourth-order valence-electron chi connectivity index (χ4n) is 6.76. The van der Waals surface area contributed by atoms with Crippen LogP contribution < -0.4 is 0 Å². The summed E-state index contributed by atoms with van der Waals surface area (Å²) in [5.41, 5.74) is 1.56. The van der Waals surface area contributed by atoms with Gasteiger partial charge in [-0.25, -0.2) is 0 Å². The summed E-state index contributed by atoms with van der Waals surface area (Å²) in [6, 6.07) is 15.2. The monoisotopic (exact) mass is 571 g/mol. The van der Waals surface area contributed by atoms with E-state index >= 15 is 0 Å². The van der Waals surface area contributed by atoms with Gasteiger partial charge in [-0.15, -0.1) is 0 Å². The summed E-state index contributed by atoms with van der Waals surface area (Å²) in [5, 5.41) is 1.07. The molecule has 1 saturated heterocycles. The molecule has 0 bridgehead atoms. The van der Waals surface area contributed by atoms with Crippen molar-refractivity contribution in [2.45, 2.75) is 57.3 Å². The molecule has 1 aliphatic carbocycles. The van der Waals surface area contributed by atoms with Crippen LogP contribution in [0.25, 0.3) is 0 Å². The number of nitrogens with zero attached hydrogens (tertiary/aromatic N) is 3. The van der Waals surface area contributed by atoms with Gasteiger partial charge in [-0.2, -0.15) is 0 Å². The van der Waals surface area contributed by atoms with E-state index in [4.69, 9.17) is 23.2 Å². The van der Waals surface area contributed by atoms with Crippen LogP contribution in [0.1, 0.15) is 73.2 Å². The predicted molar refractivity (Wildman–Crippen MR) is 161 cm³/mol. The van der Waals surface area contributed by atoms with Gasteiger partial charge in [0, 0.05) is 39.2 Å². The van der Waals surface area contributed by atoms with Gasteiger partial charge in [-0.3, -0.25) is 9.59 Å². The Hall–Kier alpha value is -2.08. The molecule has 2 fully saturated rings. The molecule has 1 heterocycles. The summed E-state index contributed by atoms with van der Waals surface area (Å²) < 4.78 is 0. The highest BCUT2D eigenvalue weighted by Crippen LogP contribution is 2.47. The first-order valence-corrected chi connectivity index (χ1v) is 15.2. The van der Waals surface area contributed by atoms with E-state index in [1.807, 2.05) is 79.5 Å². The number of likely N-dealkylation sites (N-methyl/N-ethyl adjacent to an activating group) is 1. The van der Waals surface area contributed by atoms with Crippen LogP contribution in [0.2, 0.25) is 10.0 Å². The maximum absolute atomic E-state index is 13.5. The largest absolute Gasteiger partial charge is 0.348 e. The van der Waals surface area contributed by atoms with Crippen molar-refractivity contribution < 1.29 is 9.59 Å². The van der Waals surface area contributed by atoms with Crippen molar-refractivity contribution in [2.24, 2.45) is 11.3 Å². The summed E-state index contributed by atoms with van der Waals surface area (Å²) in [6.07, 6.45) is 8.90. The Labute approximate surface area is 244 Å². The van der Waals surface area contributed by atoms with E-state index in [0.29, 0.717) is 34.0 Å². The van der Waals surface area contributed by atoms with Crippen molar-refractivity contribution in [1.29, 1.82) is 0 Å². The van der Waals surface area contributed by atoms with Gasteiger partial charge < -0.3 is 14.7 Å². The molecule has 2 aromatic rings. The summed E-state index contributed by atoms with van der Waals surface area (Å²) in [4.78, 5) is 32.7. The second kappa shape index (κ2) is 13.5. The van der Waals surface area contributed by atoms with Crippen molar-refractivity contribution in [1.82, 2.24) is 14.7 Å². The van der Waals surface area contributed by atoms with Gasteiger partial charge >= 0.3 is 0 Å². The first-order chi connectivity index (χ1) is 18.7. The van der Waals surface area contributed by atoms with E-state index in [1.165, 1.54) is 32.1 Å². The highest BCUT2D eigenvalue weighted by atomic mass is 35.5. The molecular weight excluding hydrogens is 529 g/mol. The zero-order chi connectivity index (χ0) is 28.0. The highest BCUT2D eigenvalue weighted by Gasteiger charge is 2.48. The molecule has 39 heavy (non-hydrogen) atoms. The molecule has 4 rings (SSSR count). The Morgan fingerprint density at radius 1 is 0.949 bits per heavy atom. The first-order valence-electron chi connectivity index (χ1n) is 14.4. The molecule has 0 radical (unpaired) electrons. The van der Waals surface area contributed by atoms with E-state index in [1.54, 1.807) is 0 Å². The molecule has 5 nitrogen and oxygen atoms in total. The Morgan fingerprint density at radius 3 is 2.23 bits per heavy atom. The minimum Gasteiger partial charge on any atom is -0.348 e. The lowest BCUT2D eigenvalue weighted by Crippen LogP contribution is -2.52. The summed E-state index contributed by atoms with van der Waals surface area (Å²) >= 11 is 12.6. The number of hydrogen-bond donors (Lipinski definition) is 0. The molecule has 2 aromatic carbocycles. The molecule has 0 aromatic heterocycles. The third kappa shape index (κ3) is 7.17. The third-order valence-corrected chi connectivity index (χ3v) is 9.78. The molecule has 7 heteroatoms. The topological polar surface area (TPSA) is 43.9 Å². The van der Waals surface area contributed by atoms with Gasteiger partial charge in [0.15, 0.2) is 0 Å². The van der Waals surface area contributed by atoms with Crippen LogP contribution in [-0.4, -0.2) is 73.8 Å². The van der Waals surface area contributed by atoms with Crippen LogP contribution in [0.4, 0.5) is 0 Å². The van der Waals surface area contributed by atoms with Gasteiger partial charge in [-0.05, 0) is 87.5 Å². The number of rotatable bonds is 9. The molecule has 0 spiro atoms. The van der Waals surface area contributed by atoms with Crippen molar-refractivity contribution in [2.75, 3.05) is 47.3 Å². The molecule has 2 aliphatic rings. The fourth-order valence-corrected chi connectivity index (χ4v) is 7.06. The van der Waals surface area contributed by atoms with Crippen molar-refractivity contribution in [3.8, 4) is 0 Å². The van der Waals surface area contributed by atoms with Gasteiger partial charge in [0.2, 0.25) is 5.91 Å². The molecule has 212 valence electrons. The van der Waals surface area contributed by atoms with Crippen LogP contribution in [-0.2, 0) is 4.79 Å². The van der Waals surface area contributed by atoms with E-state index in [9.17, 15) is 9.59 Å². The maximum Gasteiger partial charge on any atom is 0.253 e. The number of benzene rings is 2. The van der Waals surface area contributed by atoms with Crippen LogP contribution in [0, 0.1) is 11.3 Å². The zero-order valence-corrected chi connectivity index (χ0v) is 25.2. The van der Waals surface area contributed by atoms with Gasteiger partial charge in [0.25, 0.3) is 5.91 Å². The normalized spacial score (nSPS) is 18.9. The number of hydrogen-bond acceptors (Lipinski definition) is 3.